The molecule has 1 atom stereocenters. The number of pyridine rings is 2. The number of carbonyl (C=O) groups is 1. The molecule has 5 rings (SSSR count). The van der Waals surface area contributed by atoms with Gasteiger partial charge < -0.3 is 19.9 Å². The van der Waals surface area contributed by atoms with E-state index in [4.69, 9.17) is 26.1 Å². The fraction of sp³-hybridized carbons (Fsp3) is 0.400. The molecule has 0 spiro atoms. The Morgan fingerprint density at radius 2 is 2.03 bits per heavy atom. The van der Waals surface area contributed by atoms with Crippen molar-refractivity contribution >= 4 is 34.2 Å². The molecule has 3 aromatic rings. The average Bonchev–Trinajstić information content (AvgIpc) is 3.64. The highest BCUT2D eigenvalue weighted by Gasteiger charge is 2.31. The number of rotatable bonds is 7. The van der Waals surface area contributed by atoms with E-state index in [-0.39, 0.29) is 17.8 Å². The number of hydrogen-bond donors (Lipinski definition) is 2. The topological polar surface area (TPSA) is 93.6 Å². The first-order valence-electron chi connectivity index (χ1n) is 11.3. The molecule has 0 amide bonds. The number of halogens is 1. The SMILES string of the molecule is CC(Nc1cccnc1C(=O)O)c1cc(Cl)cc2nc(C3CC3)c(OC3CCOCC3)cc12. The molecule has 1 unspecified atom stereocenters. The van der Waals surface area contributed by atoms with Gasteiger partial charge in [0.15, 0.2) is 5.69 Å². The van der Waals surface area contributed by atoms with Gasteiger partial charge >= 0.3 is 5.97 Å². The number of fused-ring (bicyclic) bond motifs is 1. The summed E-state index contributed by atoms with van der Waals surface area (Å²) in [6, 6.07) is 9.04. The second-order valence-corrected chi connectivity index (χ2v) is 9.14. The Labute approximate surface area is 197 Å². The summed E-state index contributed by atoms with van der Waals surface area (Å²) in [4.78, 5) is 20.6. The summed E-state index contributed by atoms with van der Waals surface area (Å²) in [6.45, 7) is 3.39. The second-order valence-electron chi connectivity index (χ2n) is 8.71. The van der Waals surface area contributed by atoms with Crippen molar-refractivity contribution in [1.82, 2.24) is 9.97 Å². The van der Waals surface area contributed by atoms with Crippen LogP contribution < -0.4 is 10.1 Å². The van der Waals surface area contributed by atoms with E-state index < -0.39 is 5.97 Å². The molecule has 8 heteroatoms. The first-order chi connectivity index (χ1) is 16.0. The number of nitrogens with one attached hydrogen (secondary N) is 1. The van der Waals surface area contributed by atoms with E-state index in [2.05, 4.69) is 16.4 Å². The number of nitrogens with zero attached hydrogens (tertiary/aromatic N) is 2. The van der Waals surface area contributed by atoms with Crippen molar-refractivity contribution in [3.05, 3.63) is 58.5 Å². The zero-order valence-corrected chi connectivity index (χ0v) is 19.1. The van der Waals surface area contributed by atoms with E-state index in [0.29, 0.717) is 29.8 Å². The van der Waals surface area contributed by atoms with Crippen molar-refractivity contribution in [3.8, 4) is 5.75 Å². The highest BCUT2D eigenvalue weighted by Crippen LogP contribution is 2.45. The molecule has 2 N–H and O–H groups in total. The standard InChI is InChI=1S/C25H26ClN3O4/c1-14(28-20-3-2-8-27-24(20)25(30)31)18-11-16(26)12-21-19(18)13-22(23(29-21)15-4-5-15)33-17-6-9-32-10-7-17/h2-3,8,11-15,17,28H,4-7,9-10H2,1H3,(H,30,31). The number of aromatic carboxylic acids is 1. The van der Waals surface area contributed by atoms with Crippen LogP contribution in [0.2, 0.25) is 5.02 Å². The van der Waals surface area contributed by atoms with Crippen LogP contribution in [0.5, 0.6) is 5.75 Å². The Bertz CT molecular complexity index is 1190. The Morgan fingerprint density at radius 1 is 1.24 bits per heavy atom. The number of anilines is 1. The van der Waals surface area contributed by atoms with E-state index in [9.17, 15) is 9.90 Å². The Morgan fingerprint density at radius 3 is 2.76 bits per heavy atom. The van der Waals surface area contributed by atoms with Crippen molar-refractivity contribution in [2.45, 2.75) is 50.7 Å². The van der Waals surface area contributed by atoms with Crippen LogP contribution in [-0.2, 0) is 4.74 Å². The summed E-state index contributed by atoms with van der Waals surface area (Å²) in [6.07, 6.45) is 5.56. The van der Waals surface area contributed by atoms with Crippen LogP contribution in [0.4, 0.5) is 5.69 Å². The zero-order chi connectivity index (χ0) is 22.9. The molecular weight excluding hydrogens is 442 g/mol. The molecule has 7 nitrogen and oxygen atoms in total. The third-order valence-electron chi connectivity index (χ3n) is 6.20. The summed E-state index contributed by atoms with van der Waals surface area (Å²) in [5.41, 5.74) is 3.17. The quantitative estimate of drug-likeness (QED) is 0.467. The van der Waals surface area contributed by atoms with E-state index in [1.165, 1.54) is 6.20 Å². The maximum absolute atomic E-state index is 11.6. The molecule has 33 heavy (non-hydrogen) atoms. The molecule has 2 aromatic heterocycles. The van der Waals surface area contributed by atoms with Gasteiger partial charge in [0.25, 0.3) is 0 Å². The highest BCUT2D eigenvalue weighted by atomic mass is 35.5. The van der Waals surface area contributed by atoms with Gasteiger partial charge in [-0.25, -0.2) is 14.8 Å². The minimum atomic E-state index is -1.08. The molecule has 2 aliphatic rings. The number of ether oxygens (including phenoxy) is 2. The maximum Gasteiger partial charge on any atom is 0.356 e. The lowest BCUT2D eigenvalue weighted by molar-refractivity contribution is 0.0251. The number of hydrogen-bond acceptors (Lipinski definition) is 6. The molecule has 1 aliphatic heterocycles. The van der Waals surface area contributed by atoms with Crippen molar-refractivity contribution in [3.63, 3.8) is 0 Å². The molecule has 172 valence electrons. The van der Waals surface area contributed by atoms with Gasteiger partial charge in [-0.05, 0) is 55.7 Å². The third kappa shape index (κ3) is 4.75. The van der Waals surface area contributed by atoms with E-state index in [1.807, 2.05) is 19.1 Å². The highest BCUT2D eigenvalue weighted by molar-refractivity contribution is 6.31. The molecule has 1 aliphatic carbocycles. The number of carboxylic acid groups (broad SMARTS) is 1. The van der Waals surface area contributed by atoms with Gasteiger partial charge in [0.05, 0.1) is 30.1 Å². The van der Waals surface area contributed by atoms with Gasteiger partial charge in [-0.3, -0.25) is 0 Å². The van der Waals surface area contributed by atoms with Crippen LogP contribution in [0.3, 0.4) is 0 Å². The second kappa shape index (κ2) is 9.15. The van der Waals surface area contributed by atoms with Crippen LogP contribution >= 0.6 is 11.6 Å². The van der Waals surface area contributed by atoms with E-state index >= 15 is 0 Å². The zero-order valence-electron chi connectivity index (χ0n) is 18.4. The minimum Gasteiger partial charge on any atom is -0.488 e. The predicted octanol–water partition coefficient (Wildman–Crippen LogP) is 5.59. The summed E-state index contributed by atoms with van der Waals surface area (Å²) in [5.74, 6) is 0.181. The number of benzene rings is 1. The lowest BCUT2D eigenvalue weighted by Gasteiger charge is -2.25. The van der Waals surface area contributed by atoms with E-state index in [0.717, 1.165) is 53.6 Å². The number of aromatic nitrogens is 2. The van der Waals surface area contributed by atoms with Gasteiger partial charge in [0.1, 0.15) is 11.9 Å². The smallest absolute Gasteiger partial charge is 0.356 e. The summed E-state index contributed by atoms with van der Waals surface area (Å²) in [7, 11) is 0. The van der Waals surface area contributed by atoms with Crippen LogP contribution in [0.25, 0.3) is 10.9 Å². The van der Waals surface area contributed by atoms with Gasteiger partial charge in [-0.2, -0.15) is 0 Å². The Kier molecular flexibility index (Phi) is 6.08. The maximum atomic E-state index is 11.6. The molecular formula is C25H26ClN3O4. The molecule has 0 bridgehead atoms. The molecule has 2 fully saturated rings. The average molecular weight is 468 g/mol. The van der Waals surface area contributed by atoms with Gasteiger partial charge in [-0.15, -0.1) is 0 Å². The lowest BCUT2D eigenvalue weighted by Crippen LogP contribution is -2.26. The fourth-order valence-corrected chi connectivity index (χ4v) is 4.56. The van der Waals surface area contributed by atoms with Crippen molar-refractivity contribution in [2.24, 2.45) is 0 Å². The third-order valence-corrected chi connectivity index (χ3v) is 6.42. The number of carboxylic acids is 1. The summed E-state index contributed by atoms with van der Waals surface area (Å²) in [5, 5.41) is 14.3. The first kappa shape index (κ1) is 21.9. The minimum absolute atomic E-state index is 0.0200. The van der Waals surface area contributed by atoms with Gasteiger partial charge in [-0.1, -0.05) is 11.6 Å². The molecule has 1 saturated carbocycles. The van der Waals surface area contributed by atoms with Crippen LogP contribution in [-0.4, -0.2) is 40.4 Å². The molecule has 3 heterocycles. The lowest BCUT2D eigenvalue weighted by atomic mass is 10.0. The molecule has 1 saturated heterocycles. The monoisotopic (exact) mass is 467 g/mol. The van der Waals surface area contributed by atoms with Crippen LogP contribution in [0, 0.1) is 0 Å². The van der Waals surface area contributed by atoms with E-state index in [1.54, 1.807) is 12.1 Å². The van der Waals surface area contributed by atoms with Gasteiger partial charge in [0, 0.05) is 41.4 Å². The van der Waals surface area contributed by atoms with Crippen molar-refractivity contribution < 1.29 is 19.4 Å². The van der Waals surface area contributed by atoms with Crippen LogP contribution in [0.1, 0.15) is 66.3 Å². The van der Waals surface area contributed by atoms with Crippen molar-refractivity contribution in [2.75, 3.05) is 18.5 Å². The Balaban J connectivity index is 1.54. The van der Waals surface area contributed by atoms with Crippen LogP contribution in [0.15, 0.2) is 36.5 Å². The normalized spacial score (nSPS) is 17.6. The summed E-state index contributed by atoms with van der Waals surface area (Å²) < 4.78 is 11.9. The Hall–Kier alpha value is -2.90. The molecule has 1 aromatic carbocycles. The first-order valence-corrected chi connectivity index (χ1v) is 11.7. The summed E-state index contributed by atoms with van der Waals surface area (Å²) >= 11 is 6.48. The predicted molar refractivity (Wildman–Crippen MR) is 126 cm³/mol. The largest absolute Gasteiger partial charge is 0.488 e. The fourth-order valence-electron chi connectivity index (χ4n) is 4.34. The van der Waals surface area contributed by atoms with Crippen molar-refractivity contribution in [1.29, 1.82) is 0 Å². The molecule has 0 radical (unpaired) electrons. The van der Waals surface area contributed by atoms with Gasteiger partial charge in [0.2, 0.25) is 0 Å².